The lowest BCUT2D eigenvalue weighted by atomic mass is 10.0. The average molecular weight is 521 g/mol. The Morgan fingerprint density at radius 3 is 2.41 bits per heavy atom. The summed E-state index contributed by atoms with van der Waals surface area (Å²) in [5.41, 5.74) is 1.82. The number of aromatic nitrogens is 1. The molecule has 2 heterocycles. The minimum atomic E-state index is -1.05. The van der Waals surface area contributed by atoms with Gasteiger partial charge in [0.1, 0.15) is 6.04 Å². The second kappa shape index (κ2) is 11.2. The van der Waals surface area contributed by atoms with Crippen molar-refractivity contribution in [1.82, 2.24) is 9.88 Å². The molecular formula is C25H26Cl2N2O4S. The molecule has 180 valence electrons. The third-order valence-electron chi connectivity index (χ3n) is 5.36. The highest BCUT2D eigenvalue weighted by Gasteiger charge is 2.27. The molecule has 0 aliphatic heterocycles. The Morgan fingerprint density at radius 1 is 1.15 bits per heavy atom. The normalized spacial score (nSPS) is 13.0. The van der Waals surface area contributed by atoms with Gasteiger partial charge in [0.25, 0.3) is 5.56 Å². The van der Waals surface area contributed by atoms with Gasteiger partial charge in [0.15, 0.2) is 0 Å². The lowest BCUT2D eigenvalue weighted by Gasteiger charge is -2.24. The molecule has 1 aromatic carbocycles. The SMILES string of the molecule is Cc1ccn([C@H](CC(C)C)C(=O)N[C@@H](CC(=O)O)c2csc(-c3c(Cl)cccc3Cl)c2)c(=O)c1. The van der Waals surface area contributed by atoms with Gasteiger partial charge in [0.05, 0.1) is 22.5 Å². The Labute approximate surface area is 212 Å². The molecule has 0 unspecified atom stereocenters. The van der Waals surface area contributed by atoms with Crippen molar-refractivity contribution in [1.29, 1.82) is 0 Å². The van der Waals surface area contributed by atoms with Gasteiger partial charge in [-0.25, -0.2) is 0 Å². The fourth-order valence-corrected chi connectivity index (χ4v) is 5.48. The van der Waals surface area contributed by atoms with Gasteiger partial charge in [0, 0.05) is 22.7 Å². The van der Waals surface area contributed by atoms with E-state index >= 15 is 0 Å². The number of carbonyl (C=O) groups is 2. The Balaban J connectivity index is 1.94. The number of carboxylic acid groups (broad SMARTS) is 1. The molecule has 0 saturated heterocycles. The zero-order chi connectivity index (χ0) is 25.0. The Morgan fingerprint density at radius 2 is 1.82 bits per heavy atom. The van der Waals surface area contributed by atoms with Crippen LogP contribution >= 0.6 is 34.5 Å². The number of aryl methyl sites for hydroxylation is 1. The van der Waals surface area contributed by atoms with Crippen LogP contribution in [-0.2, 0) is 9.59 Å². The Kier molecular flexibility index (Phi) is 8.57. The molecule has 3 rings (SSSR count). The number of nitrogens with one attached hydrogen (secondary N) is 1. The van der Waals surface area contributed by atoms with Crippen LogP contribution in [0.15, 0.2) is 52.8 Å². The first-order chi connectivity index (χ1) is 16.1. The maximum Gasteiger partial charge on any atom is 0.305 e. The first kappa shape index (κ1) is 26.0. The van der Waals surface area contributed by atoms with Gasteiger partial charge in [0.2, 0.25) is 5.91 Å². The van der Waals surface area contributed by atoms with Gasteiger partial charge in [-0.3, -0.25) is 14.4 Å². The average Bonchev–Trinajstić information content (AvgIpc) is 3.21. The van der Waals surface area contributed by atoms with Gasteiger partial charge >= 0.3 is 5.97 Å². The van der Waals surface area contributed by atoms with Crippen molar-refractivity contribution in [2.75, 3.05) is 0 Å². The highest BCUT2D eigenvalue weighted by Crippen LogP contribution is 2.39. The zero-order valence-corrected chi connectivity index (χ0v) is 21.4. The molecule has 6 nitrogen and oxygen atoms in total. The van der Waals surface area contributed by atoms with E-state index < -0.39 is 24.0 Å². The molecular weight excluding hydrogens is 495 g/mol. The monoisotopic (exact) mass is 520 g/mol. The summed E-state index contributed by atoms with van der Waals surface area (Å²) in [4.78, 5) is 38.3. The van der Waals surface area contributed by atoms with Crippen molar-refractivity contribution >= 4 is 46.4 Å². The summed E-state index contributed by atoms with van der Waals surface area (Å²) < 4.78 is 1.41. The molecule has 2 atom stereocenters. The number of benzene rings is 1. The van der Waals surface area contributed by atoms with Gasteiger partial charge in [-0.05, 0) is 60.0 Å². The van der Waals surface area contributed by atoms with Crippen molar-refractivity contribution < 1.29 is 14.7 Å². The summed E-state index contributed by atoms with van der Waals surface area (Å²) in [6.07, 6.45) is 1.73. The molecule has 9 heteroatoms. The minimum Gasteiger partial charge on any atom is -0.481 e. The highest BCUT2D eigenvalue weighted by molar-refractivity contribution is 7.13. The number of halogens is 2. The van der Waals surface area contributed by atoms with Crippen LogP contribution in [-0.4, -0.2) is 21.6 Å². The van der Waals surface area contributed by atoms with E-state index in [4.69, 9.17) is 23.2 Å². The predicted octanol–water partition coefficient (Wildman–Crippen LogP) is 6.11. The third-order valence-corrected chi connectivity index (χ3v) is 6.96. The zero-order valence-electron chi connectivity index (χ0n) is 19.0. The van der Waals surface area contributed by atoms with Crippen molar-refractivity contribution in [2.45, 2.75) is 45.7 Å². The van der Waals surface area contributed by atoms with E-state index in [1.807, 2.05) is 20.8 Å². The number of thiophene rings is 1. The van der Waals surface area contributed by atoms with Crippen LogP contribution in [0.25, 0.3) is 10.4 Å². The molecule has 0 fully saturated rings. The summed E-state index contributed by atoms with van der Waals surface area (Å²) in [5.74, 6) is -1.33. The molecule has 0 radical (unpaired) electrons. The summed E-state index contributed by atoms with van der Waals surface area (Å²) in [6, 6.07) is 8.71. The molecule has 3 aromatic rings. The first-order valence-electron chi connectivity index (χ1n) is 10.8. The smallest absolute Gasteiger partial charge is 0.305 e. The van der Waals surface area contributed by atoms with Crippen molar-refractivity contribution in [3.05, 3.63) is 79.5 Å². The number of hydrogen-bond acceptors (Lipinski definition) is 4. The number of aliphatic carboxylic acids is 1. The molecule has 2 aromatic heterocycles. The summed E-state index contributed by atoms with van der Waals surface area (Å²) >= 11 is 14.0. The van der Waals surface area contributed by atoms with Gasteiger partial charge in [-0.15, -0.1) is 11.3 Å². The van der Waals surface area contributed by atoms with Crippen molar-refractivity contribution in [3.8, 4) is 10.4 Å². The van der Waals surface area contributed by atoms with E-state index in [0.717, 1.165) is 10.4 Å². The van der Waals surface area contributed by atoms with E-state index in [0.29, 0.717) is 27.6 Å². The molecule has 0 bridgehead atoms. The molecule has 0 aliphatic carbocycles. The fraction of sp³-hybridized carbons (Fsp3) is 0.320. The predicted molar refractivity (Wildman–Crippen MR) is 137 cm³/mol. The maximum absolute atomic E-state index is 13.4. The largest absolute Gasteiger partial charge is 0.481 e. The Hall–Kier alpha value is -2.61. The van der Waals surface area contributed by atoms with Crippen molar-refractivity contribution in [3.63, 3.8) is 0 Å². The van der Waals surface area contributed by atoms with Crippen LogP contribution in [0.3, 0.4) is 0 Å². The van der Waals surface area contributed by atoms with E-state index in [-0.39, 0.29) is 17.9 Å². The maximum atomic E-state index is 13.4. The van der Waals surface area contributed by atoms with Crippen LogP contribution < -0.4 is 10.9 Å². The van der Waals surface area contributed by atoms with Crippen LogP contribution in [0, 0.1) is 12.8 Å². The van der Waals surface area contributed by atoms with E-state index in [1.54, 1.807) is 41.9 Å². The lowest BCUT2D eigenvalue weighted by Crippen LogP contribution is -2.40. The highest BCUT2D eigenvalue weighted by atomic mass is 35.5. The van der Waals surface area contributed by atoms with Crippen LogP contribution in [0.5, 0.6) is 0 Å². The topological polar surface area (TPSA) is 88.4 Å². The molecule has 0 saturated carbocycles. The minimum absolute atomic E-state index is 0.136. The molecule has 1 amide bonds. The summed E-state index contributed by atoms with van der Waals surface area (Å²) in [5, 5.41) is 15.1. The third kappa shape index (κ3) is 6.29. The summed E-state index contributed by atoms with van der Waals surface area (Å²) in [6.45, 7) is 5.74. The number of rotatable bonds is 9. The number of hydrogen-bond donors (Lipinski definition) is 2. The van der Waals surface area contributed by atoms with Crippen LogP contribution in [0.1, 0.15) is 49.9 Å². The number of amides is 1. The van der Waals surface area contributed by atoms with E-state index in [1.165, 1.54) is 22.0 Å². The van der Waals surface area contributed by atoms with E-state index in [9.17, 15) is 19.5 Å². The molecule has 34 heavy (non-hydrogen) atoms. The quantitative estimate of drug-likeness (QED) is 0.356. The number of carboxylic acids is 1. The number of pyridine rings is 1. The molecule has 0 spiro atoms. The second-order valence-corrected chi connectivity index (χ2v) is 10.3. The Bertz CT molecular complexity index is 1230. The first-order valence-corrected chi connectivity index (χ1v) is 12.4. The van der Waals surface area contributed by atoms with Crippen LogP contribution in [0.4, 0.5) is 0 Å². The second-order valence-electron chi connectivity index (χ2n) is 8.59. The van der Waals surface area contributed by atoms with Gasteiger partial charge in [-0.2, -0.15) is 0 Å². The molecule has 0 aliphatic rings. The van der Waals surface area contributed by atoms with Gasteiger partial charge < -0.3 is 15.0 Å². The van der Waals surface area contributed by atoms with Crippen LogP contribution in [0.2, 0.25) is 10.0 Å². The standard InChI is InChI=1S/C25H26Cl2N2O4S/c1-14(2)9-20(29-8-7-15(3)10-22(29)30)25(33)28-19(12-23(31)32)16-11-21(34-13-16)24-17(26)5-4-6-18(24)27/h4-8,10-11,13-14,19-20H,9,12H2,1-3H3,(H,28,33)(H,31,32)/t19-,20+/m0/s1. The summed E-state index contributed by atoms with van der Waals surface area (Å²) in [7, 11) is 0. The van der Waals surface area contributed by atoms with E-state index in [2.05, 4.69) is 5.32 Å². The molecule has 2 N–H and O–H groups in total. The number of nitrogens with zero attached hydrogens (tertiary/aromatic N) is 1. The lowest BCUT2D eigenvalue weighted by molar-refractivity contribution is -0.138. The fourth-order valence-electron chi connectivity index (χ4n) is 3.73. The number of carbonyl (C=O) groups excluding carboxylic acids is 1. The van der Waals surface area contributed by atoms with Gasteiger partial charge in [-0.1, -0.05) is 43.1 Å². The van der Waals surface area contributed by atoms with Crippen molar-refractivity contribution in [2.24, 2.45) is 5.92 Å².